The molecular weight excluding hydrogens is 306 g/mol. The number of rotatable bonds is 2. The molecule has 1 aliphatic rings. The van der Waals surface area contributed by atoms with Crippen molar-refractivity contribution in [1.29, 1.82) is 0 Å². The predicted octanol–water partition coefficient (Wildman–Crippen LogP) is 3.58. The molecule has 0 radical (unpaired) electrons. The molecule has 5 nitrogen and oxygen atoms in total. The molecule has 5 heteroatoms. The first-order valence-corrected chi connectivity index (χ1v) is 7.63. The Hall–Kier alpha value is -3.08. The van der Waals surface area contributed by atoms with Crippen molar-refractivity contribution < 1.29 is 13.9 Å². The molecule has 2 aromatic carbocycles. The standard InChI is InChI=1S/C19H15NO4/c1-3-12-5-4-11(2)13(8-12)18-20-15-10-17-16(22-6-7-23-17)9-14(15)19(21)24-18/h3-5,8-10H,1,6-7H2,2H3. The zero-order chi connectivity index (χ0) is 16.7. The predicted molar refractivity (Wildman–Crippen MR) is 91.5 cm³/mol. The third kappa shape index (κ3) is 2.34. The summed E-state index contributed by atoms with van der Waals surface area (Å²) in [5, 5.41) is 0.375. The molecule has 0 N–H and O–H groups in total. The van der Waals surface area contributed by atoms with Crippen LogP contribution < -0.4 is 15.1 Å². The van der Waals surface area contributed by atoms with Crippen molar-refractivity contribution >= 4 is 17.0 Å². The third-order valence-electron chi connectivity index (χ3n) is 4.02. The Balaban J connectivity index is 1.95. The van der Waals surface area contributed by atoms with Gasteiger partial charge in [-0.25, -0.2) is 9.78 Å². The van der Waals surface area contributed by atoms with Gasteiger partial charge in [0.25, 0.3) is 0 Å². The molecule has 4 rings (SSSR count). The Labute approximate surface area is 138 Å². The van der Waals surface area contributed by atoms with Crippen LogP contribution in [0.5, 0.6) is 11.5 Å². The summed E-state index contributed by atoms with van der Waals surface area (Å²) in [5.41, 5.74) is 2.74. The van der Waals surface area contributed by atoms with Gasteiger partial charge in [-0.2, -0.15) is 0 Å². The fourth-order valence-corrected chi connectivity index (χ4v) is 2.72. The van der Waals surface area contributed by atoms with E-state index in [2.05, 4.69) is 11.6 Å². The lowest BCUT2D eigenvalue weighted by Gasteiger charge is -2.18. The summed E-state index contributed by atoms with van der Waals surface area (Å²) >= 11 is 0. The highest BCUT2D eigenvalue weighted by Gasteiger charge is 2.17. The highest BCUT2D eigenvalue weighted by atomic mass is 16.6. The third-order valence-corrected chi connectivity index (χ3v) is 4.02. The van der Waals surface area contributed by atoms with E-state index < -0.39 is 5.63 Å². The van der Waals surface area contributed by atoms with E-state index in [-0.39, 0.29) is 5.89 Å². The van der Waals surface area contributed by atoms with Gasteiger partial charge >= 0.3 is 5.63 Å². The van der Waals surface area contributed by atoms with Crippen LogP contribution in [0.4, 0.5) is 0 Å². The van der Waals surface area contributed by atoms with Gasteiger partial charge in [-0.1, -0.05) is 24.8 Å². The summed E-state index contributed by atoms with van der Waals surface area (Å²) in [7, 11) is 0. The van der Waals surface area contributed by atoms with Crippen molar-refractivity contribution in [2.24, 2.45) is 0 Å². The lowest BCUT2D eigenvalue weighted by Crippen LogP contribution is -2.16. The molecule has 0 amide bonds. The minimum atomic E-state index is -0.449. The Morgan fingerprint density at radius 1 is 1.12 bits per heavy atom. The average molecular weight is 321 g/mol. The quantitative estimate of drug-likeness (QED) is 0.722. The Morgan fingerprint density at radius 3 is 2.62 bits per heavy atom. The summed E-state index contributed by atoms with van der Waals surface area (Å²) < 4.78 is 16.5. The van der Waals surface area contributed by atoms with E-state index >= 15 is 0 Å². The van der Waals surface area contributed by atoms with Crippen LogP contribution in [-0.4, -0.2) is 18.2 Å². The largest absolute Gasteiger partial charge is 0.486 e. The second-order valence-electron chi connectivity index (χ2n) is 5.60. The number of benzene rings is 2. The van der Waals surface area contributed by atoms with E-state index in [4.69, 9.17) is 13.9 Å². The first-order chi connectivity index (χ1) is 11.7. The number of nitrogens with zero attached hydrogens (tertiary/aromatic N) is 1. The first kappa shape index (κ1) is 14.5. The maximum atomic E-state index is 12.4. The summed E-state index contributed by atoms with van der Waals surface area (Å²) in [6, 6.07) is 9.14. The van der Waals surface area contributed by atoms with Crippen LogP contribution in [0.1, 0.15) is 11.1 Å². The molecule has 0 aliphatic carbocycles. The lowest BCUT2D eigenvalue weighted by atomic mass is 10.0. The first-order valence-electron chi connectivity index (χ1n) is 7.63. The van der Waals surface area contributed by atoms with Gasteiger partial charge in [0.2, 0.25) is 5.89 Å². The molecule has 1 aliphatic heterocycles. The number of aryl methyl sites for hydroxylation is 1. The minimum absolute atomic E-state index is 0.283. The summed E-state index contributed by atoms with van der Waals surface area (Å²) in [4.78, 5) is 16.9. The van der Waals surface area contributed by atoms with Crippen molar-refractivity contribution in [3.8, 4) is 23.0 Å². The van der Waals surface area contributed by atoms with Crippen LogP contribution in [0, 0.1) is 6.92 Å². The Morgan fingerprint density at radius 2 is 1.88 bits per heavy atom. The molecule has 24 heavy (non-hydrogen) atoms. The van der Waals surface area contributed by atoms with Gasteiger partial charge in [-0.15, -0.1) is 0 Å². The molecule has 0 saturated heterocycles. The van der Waals surface area contributed by atoms with E-state index in [1.807, 2.05) is 25.1 Å². The molecule has 3 aromatic rings. The molecule has 0 bridgehead atoms. The fraction of sp³-hybridized carbons (Fsp3) is 0.158. The second kappa shape index (κ2) is 5.53. The number of aromatic nitrogens is 1. The number of hydrogen-bond acceptors (Lipinski definition) is 5. The molecule has 1 aromatic heterocycles. The lowest BCUT2D eigenvalue weighted by molar-refractivity contribution is 0.172. The van der Waals surface area contributed by atoms with Crippen molar-refractivity contribution in [3.63, 3.8) is 0 Å². The van der Waals surface area contributed by atoms with Gasteiger partial charge in [0.15, 0.2) is 11.5 Å². The number of fused-ring (bicyclic) bond motifs is 2. The fourth-order valence-electron chi connectivity index (χ4n) is 2.72. The second-order valence-corrected chi connectivity index (χ2v) is 5.60. The average Bonchev–Trinajstić information content (AvgIpc) is 2.60. The zero-order valence-electron chi connectivity index (χ0n) is 13.2. The van der Waals surface area contributed by atoms with Crippen LogP contribution in [-0.2, 0) is 0 Å². The normalized spacial score (nSPS) is 13.0. The van der Waals surface area contributed by atoms with Gasteiger partial charge in [0, 0.05) is 17.7 Å². The van der Waals surface area contributed by atoms with Gasteiger partial charge in [-0.3, -0.25) is 0 Å². The highest BCUT2D eigenvalue weighted by Crippen LogP contribution is 2.34. The number of ether oxygens (including phenoxy) is 2. The maximum absolute atomic E-state index is 12.4. The van der Waals surface area contributed by atoms with E-state index in [0.29, 0.717) is 35.6 Å². The van der Waals surface area contributed by atoms with Crippen LogP contribution >= 0.6 is 0 Å². The highest BCUT2D eigenvalue weighted by molar-refractivity contribution is 5.83. The molecular formula is C19H15NO4. The van der Waals surface area contributed by atoms with Crippen molar-refractivity contribution in [3.05, 3.63) is 58.5 Å². The van der Waals surface area contributed by atoms with Crippen molar-refractivity contribution in [1.82, 2.24) is 4.98 Å². The molecule has 0 atom stereocenters. The smallest absolute Gasteiger partial charge is 0.347 e. The Kier molecular flexibility index (Phi) is 3.34. The van der Waals surface area contributed by atoms with Gasteiger partial charge in [0.1, 0.15) is 13.2 Å². The van der Waals surface area contributed by atoms with Gasteiger partial charge < -0.3 is 13.9 Å². The minimum Gasteiger partial charge on any atom is -0.486 e. The number of hydrogen-bond donors (Lipinski definition) is 0. The van der Waals surface area contributed by atoms with Crippen LogP contribution in [0.15, 0.2) is 46.1 Å². The topological polar surface area (TPSA) is 61.6 Å². The van der Waals surface area contributed by atoms with E-state index in [9.17, 15) is 4.79 Å². The molecule has 0 fully saturated rings. The molecule has 0 unspecified atom stereocenters. The molecule has 2 heterocycles. The van der Waals surface area contributed by atoms with Gasteiger partial charge in [-0.05, 0) is 24.1 Å². The van der Waals surface area contributed by atoms with E-state index in [1.54, 1.807) is 18.2 Å². The van der Waals surface area contributed by atoms with Crippen LogP contribution in [0.25, 0.3) is 28.4 Å². The maximum Gasteiger partial charge on any atom is 0.347 e. The molecule has 0 saturated carbocycles. The summed E-state index contributed by atoms with van der Waals surface area (Å²) in [6.45, 7) is 6.65. The molecule has 120 valence electrons. The van der Waals surface area contributed by atoms with E-state index in [0.717, 1.165) is 16.7 Å². The van der Waals surface area contributed by atoms with Crippen molar-refractivity contribution in [2.75, 3.05) is 13.2 Å². The van der Waals surface area contributed by atoms with Crippen molar-refractivity contribution in [2.45, 2.75) is 6.92 Å². The monoisotopic (exact) mass is 321 g/mol. The van der Waals surface area contributed by atoms with E-state index in [1.165, 1.54) is 0 Å². The van der Waals surface area contributed by atoms with Gasteiger partial charge in [0.05, 0.1) is 10.9 Å². The van der Waals surface area contributed by atoms with Crippen LogP contribution in [0.2, 0.25) is 0 Å². The van der Waals surface area contributed by atoms with Crippen LogP contribution in [0.3, 0.4) is 0 Å². The Bertz CT molecular complexity index is 1020. The zero-order valence-corrected chi connectivity index (χ0v) is 13.2. The summed E-state index contributed by atoms with van der Waals surface area (Å²) in [5.74, 6) is 1.42. The SMILES string of the molecule is C=Cc1ccc(C)c(-c2nc3cc4c(cc3c(=O)o2)OCCO4)c1. The molecule has 0 spiro atoms. The summed E-state index contributed by atoms with van der Waals surface area (Å²) in [6.07, 6.45) is 1.74.